The Bertz CT molecular complexity index is 736. The molecule has 0 spiro atoms. The van der Waals surface area contributed by atoms with Gasteiger partial charge in [-0.25, -0.2) is 4.98 Å². The van der Waals surface area contributed by atoms with Crippen LogP contribution in [0.5, 0.6) is 0 Å². The van der Waals surface area contributed by atoms with Crippen molar-refractivity contribution >= 4 is 22.8 Å². The van der Waals surface area contributed by atoms with Gasteiger partial charge in [0.2, 0.25) is 0 Å². The van der Waals surface area contributed by atoms with Crippen LogP contribution in [0.3, 0.4) is 0 Å². The van der Waals surface area contributed by atoms with Crippen molar-refractivity contribution in [2.75, 3.05) is 6.26 Å². The highest BCUT2D eigenvalue weighted by atomic mass is 32.2. The maximum absolute atomic E-state index is 12.7. The van der Waals surface area contributed by atoms with Crippen molar-refractivity contribution in [2.24, 2.45) is 5.92 Å². The molecular formula is C14H18N4OS. The molecule has 106 valence electrons. The van der Waals surface area contributed by atoms with E-state index in [4.69, 9.17) is 5.26 Å². The first kappa shape index (κ1) is 14.7. The van der Waals surface area contributed by atoms with Crippen LogP contribution >= 0.6 is 11.8 Å². The lowest BCUT2D eigenvalue weighted by Crippen LogP contribution is -2.26. The van der Waals surface area contributed by atoms with Crippen LogP contribution < -0.4 is 5.56 Å². The number of aromatic nitrogens is 3. The summed E-state index contributed by atoms with van der Waals surface area (Å²) in [5, 5.41) is 9.65. The summed E-state index contributed by atoms with van der Waals surface area (Å²) in [6.45, 7) is 6.84. The van der Waals surface area contributed by atoms with Gasteiger partial charge >= 0.3 is 0 Å². The number of rotatable bonds is 4. The first-order chi connectivity index (χ1) is 9.49. The fourth-order valence-electron chi connectivity index (χ4n) is 2.30. The van der Waals surface area contributed by atoms with E-state index in [1.54, 1.807) is 9.13 Å². The number of thioether (sulfide) groups is 1. The molecule has 0 atom stereocenters. The minimum Gasteiger partial charge on any atom is -0.325 e. The smallest absolute Gasteiger partial charge is 0.278 e. The average Bonchev–Trinajstić information content (AvgIpc) is 2.69. The summed E-state index contributed by atoms with van der Waals surface area (Å²) in [6.07, 6.45) is 1.92. The molecule has 0 saturated heterocycles. The van der Waals surface area contributed by atoms with Crippen molar-refractivity contribution in [3.63, 3.8) is 0 Å². The second-order valence-electron chi connectivity index (χ2n) is 5.17. The molecular weight excluding hydrogens is 272 g/mol. The average molecular weight is 290 g/mol. The summed E-state index contributed by atoms with van der Waals surface area (Å²) in [6, 6.07) is 3.97. The van der Waals surface area contributed by atoms with Crippen LogP contribution in [0.25, 0.3) is 11.0 Å². The molecule has 6 heteroatoms. The molecule has 2 heterocycles. The lowest BCUT2D eigenvalue weighted by Gasteiger charge is -2.13. The molecule has 0 aliphatic rings. The van der Waals surface area contributed by atoms with E-state index in [-0.39, 0.29) is 12.1 Å². The van der Waals surface area contributed by atoms with Gasteiger partial charge in [-0.1, -0.05) is 25.6 Å². The Morgan fingerprint density at radius 3 is 2.70 bits per heavy atom. The van der Waals surface area contributed by atoms with Crippen molar-refractivity contribution < 1.29 is 0 Å². The number of nitriles is 1. The van der Waals surface area contributed by atoms with E-state index < -0.39 is 0 Å². The Balaban J connectivity index is 2.79. The Labute approximate surface area is 122 Å². The molecule has 0 aliphatic heterocycles. The molecule has 0 aromatic carbocycles. The van der Waals surface area contributed by atoms with Crippen LogP contribution in [0.4, 0.5) is 0 Å². The summed E-state index contributed by atoms with van der Waals surface area (Å²) in [5.41, 5.74) is 2.03. The number of nitrogens with zero attached hydrogens (tertiary/aromatic N) is 4. The third-order valence-electron chi connectivity index (χ3n) is 3.14. The van der Waals surface area contributed by atoms with Crippen molar-refractivity contribution in [3.05, 3.63) is 22.1 Å². The van der Waals surface area contributed by atoms with Crippen LogP contribution in [0, 0.1) is 24.2 Å². The molecule has 0 amide bonds. The van der Waals surface area contributed by atoms with E-state index in [1.807, 2.05) is 19.2 Å². The van der Waals surface area contributed by atoms with Crippen molar-refractivity contribution in [2.45, 2.75) is 39.0 Å². The van der Waals surface area contributed by atoms with Gasteiger partial charge in [0.05, 0.1) is 11.6 Å². The lowest BCUT2D eigenvalue weighted by atomic mass is 10.2. The molecule has 0 bridgehead atoms. The number of hydrogen-bond acceptors (Lipinski definition) is 4. The van der Waals surface area contributed by atoms with E-state index in [0.717, 1.165) is 10.9 Å². The van der Waals surface area contributed by atoms with Gasteiger partial charge in [0.15, 0.2) is 5.16 Å². The molecule has 2 aromatic rings. The zero-order chi connectivity index (χ0) is 14.9. The maximum Gasteiger partial charge on any atom is 0.278 e. The van der Waals surface area contributed by atoms with Gasteiger partial charge in [0, 0.05) is 12.2 Å². The first-order valence-corrected chi connectivity index (χ1v) is 7.73. The zero-order valence-electron chi connectivity index (χ0n) is 12.2. The Morgan fingerprint density at radius 1 is 1.45 bits per heavy atom. The van der Waals surface area contributed by atoms with Crippen LogP contribution in [-0.4, -0.2) is 20.4 Å². The molecule has 0 unspecified atom stereocenters. The summed E-state index contributed by atoms with van der Waals surface area (Å²) < 4.78 is 3.45. The van der Waals surface area contributed by atoms with Gasteiger partial charge in [0.1, 0.15) is 12.1 Å². The molecule has 2 aromatic heterocycles. The second kappa shape index (κ2) is 5.71. The van der Waals surface area contributed by atoms with Crippen LogP contribution in [0.1, 0.15) is 19.5 Å². The maximum atomic E-state index is 12.7. The quantitative estimate of drug-likeness (QED) is 0.641. The molecule has 2 rings (SSSR count). The monoisotopic (exact) mass is 290 g/mol. The molecule has 0 saturated carbocycles. The molecule has 0 radical (unpaired) electrons. The lowest BCUT2D eigenvalue weighted by molar-refractivity contribution is 0.474. The number of aryl methyl sites for hydroxylation is 1. The third-order valence-corrected chi connectivity index (χ3v) is 3.81. The fraction of sp³-hybridized carbons (Fsp3) is 0.500. The summed E-state index contributed by atoms with van der Waals surface area (Å²) in [7, 11) is 0. The second-order valence-corrected chi connectivity index (χ2v) is 5.95. The predicted octanol–water partition coefficient (Wildman–Crippen LogP) is 2.41. The third kappa shape index (κ3) is 2.46. The minimum absolute atomic E-state index is 0.0589. The highest BCUT2D eigenvalue weighted by molar-refractivity contribution is 7.98. The standard InChI is InChI=1S/C14H18N4OS/c1-9(2)8-18-13(19)12-11(16-14(18)20-4)7-10(3)17(12)6-5-15/h7,9H,6,8H2,1-4H3. The highest BCUT2D eigenvalue weighted by Gasteiger charge is 2.16. The van der Waals surface area contributed by atoms with Gasteiger partial charge in [-0.15, -0.1) is 0 Å². The van der Waals surface area contributed by atoms with Gasteiger partial charge in [-0.05, 0) is 25.2 Å². The SMILES string of the molecule is CSc1nc2cc(C)n(CC#N)c2c(=O)n1CC(C)C. The van der Waals surface area contributed by atoms with Gasteiger partial charge < -0.3 is 4.57 Å². The van der Waals surface area contributed by atoms with E-state index >= 15 is 0 Å². The van der Waals surface area contributed by atoms with E-state index in [1.165, 1.54) is 11.8 Å². The van der Waals surface area contributed by atoms with Gasteiger partial charge in [-0.3, -0.25) is 9.36 Å². The van der Waals surface area contributed by atoms with E-state index in [9.17, 15) is 4.79 Å². The highest BCUT2D eigenvalue weighted by Crippen LogP contribution is 2.19. The van der Waals surface area contributed by atoms with Crippen LogP contribution in [0.2, 0.25) is 0 Å². The molecule has 5 nitrogen and oxygen atoms in total. The normalized spacial score (nSPS) is 11.2. The van der Waals surface area contributed by atoms with Gasteiger partial charge in [-0.2, -0.15) is 5.26 Å². The molecule has 20 heavy (non-hydrogen) atoms. The molecule has 0 fully saturated rings. The first-order valence-electron chi connectivity index (χ1n) is 6.51. The van der Waals surface area contributed by atoms with Crippen molar-refractivity contribution in [1.82, 2.24) is 14.1 Å². The van der Waals surface area contributed by atoms with Crippen LogP contribution in [-0.2, 0) is 13.1 Å². The largest absolute Gasteiger partial charge is 0.325 e. The summed E-state index contributed by atoms with van der Waals surface area (Å²) >= 11 is 1.47. The Hall–Kier alpha value is -1.74. The van der Waals surface area contributed by atoms with Gasteiger partial charge in [0.25, 0.3) is 5.56 Å². The zero-order valence-corrected chi connectivity index (χ0v) is 13.0. The Morgan fingerprint density at radius 2 is 2.15 bits per heavy atom. The van der Waals surface area contributed by atoms with E-state index in [2.05, 4.69) is 24.9 Å². The summed E-state index contributed by atoms with van der Waals surface area (Å²) in [5.74, 6) is 0.360. The van der Waals surface area contributed by atoms with Crippen molar-refractivity contribution in [3.8, 4) is 6.07 Å². The predicted molar refractivity (Wildman–Crippen MR) is 81.0 cm³/mol. The fourth-order valence-corrected chi connectivity index (χ4v) is 2.87. The Kier molecular flexibility index (Phi) is 4.19. The van der Waals surface area contributed by atoms with Crippen molar-refractivity contribution in [1.29, 1.82) is 5.26 Å². The van der Waals surface area contributed by atoms with Crippen LogP contribution in [0.15, 0.2) is 16.0 Å². The topological polar surface area (TPSA) is 63.6 Å². The number of fused-ring (bicyclic) bond motifs is 1. The van der Waals surface area contributed by atoms with E-state index in [0.29, 0.717) is 23.5 Å². The molecule has 0 aliphatic carbocycles. The minimum atomic E-state index is -0.0589. The molecule has 0 N–H and O–H groups in total. The number of hydrogen-bond donors (Lipinski definition) is 0. The summed E-state index contributed by atoms with van der Waals surface area (Å²) in [4.78, 5) is 17.3.